The molecule has 0 spiro atoms. The van der Waals surface area contributed by atoms with E-state index >= 15 is 0 Å². The van der Waals surface area contributed by atoms with Crippen LogP contribution in [0.15, 0.2) is 22.7 Å². The molecule has 1 aromatic rings. The number of anilines is 2. The highest BCUT2D eigenvalue weighted by Crippen LogP contribution is 2.26. The predicted molar refractivity (Wildman–Crippen MR) is 66.5 cm³/mol. The third-order valence-electron chi connectivity index (χ3n) is 2.37. The molecule has 3 N–H and O–H groups in total. The van der Waals surface area contributed by atoms with Crippen molar-refractivity contribution in [2.45, 2.75) is 32.7 Å². The number of rotatable bonds is 3. The molecule has 0 aliphatic carbocycles. The molecule has 0 aliphatic heterocycles. The van der Waals surface area contributed by atoms with Crippen molar-refractivity contribution in [2.24, 2.45) is 0 Å². The monoisotopic (exact) mass is 256 g/mol. The molecule has 0 aliphatic rings. The van der Waals surface area contributed by atoms with Crippen LogP contribution in [0.25, 0.3) is 0 Å². The fraction of sp³-hybridized carbons (Fsp3) is 0.455. The van der Waals surface area contributed by atoms with E-state index in [1.54, 1.807) is 0 Å². The Balaban J connectivity index is 2.87. The van der Waals surface area contributed by atoms with Gasteiger partial charge in [-0.1, -0.05) is 22.9 Å². The zero-order chi connectivity index (χ0) is 10.8. The van der Waals surface area contributed by atoms with E-state index in [0.29, 0.717) is 0 Å². The number of nitrogens with two attached hydrogens (primary N) is 1. The molecule has 0 bridgehead atoms. The zero-order valence-corrected chi connectivity index (χ0v) is 10.5. The summed E-state index contributed by atoms with van der Waals surface area (Å²) in [6.07, 6.45) is 1.06. The van der Waals surface area contributed by atoms with Gasteiger partial charge in [0.25, 0.3) is 0 Å². The van der Waals surface area contributed by atoms with E-state index in [1.165, 1.54) is 0 Å². The Morgan fingerprint density at radius 2 is 2.07 bits per heavy atom. The van der Waals surface area contributed by atoms with Crippen LogP contribution in [0.1, 0.15) is 27.2 Å². The summed E-state index contributed by atoms with van der Waals surface area (Å²) < 4.78 is 1.01. The average Bonchev–Trinajstić information content (AvgIpc) is 2.10. The first-order valence-electron chi connectivity index (χ1n) is 4.78. The Morgan fingerprint density at radius 3 is 2.57 bits per heavy atom. The second-order valence-corrected chi connectivity index (χ2v) is 5.01. The minimum absolute atomic E-state index is 0.0853. The first-order chi connectivity index (χ1) is 6.44. The van der Waals surface area contributed by atoms with Crippen LogP contribution < -0.4 is 11.1 Å². The highest BCUT2D eigenvalue weighted by Gasteiger charge is 2.15. The maximum absolute atomic E-state index is 5.89. The van der Waals surface area contributed by atoms with Crippen LogP contribution in [0.4, 0.5) is 11.4 Å². The van der Waals surface area contributed by atoms with E-state index in [4.69, 9.17) is 5.73 Å². The van der Waals surface area contributed by atoms with Crippen molar-refractivity contribution in [1.82, 2.24) is 0 Å². The van der Waals surface area contributed by atoms with Gasteiger partial charge in [-0.25, -0.2) is 0 Å². The molecule has 0 unspecified atom stereocenters. The van der Waals surface area contributed by atoms with E-state index < -0.39 is 0 Å². The van der Waals surface area contributed by atoms with Gasteiger partial charge in [0.05, 0.1) is 11.4 Å². The van der Waals surface area contributed by atoms with Crippen molar-refractivity contribution < 1.29 is 0 Å². The van der Waals surface area contributed by atoms with Crippen molar-refractivity contribution >= 4 is 27.3 Å². The summed E-state index contributed by atoms with van der Waals surface area (Å²) >= 11 is 3.39. The lowest BCUT2D eigenvalue weighted by atomic mass is 10.0. The largest absolute Gasteiger partial charge is 0.397 e. The molecule has 0 atom stereocenters. The van der Waals surface area contributed by atoms with Crippen LogP contribution in [0.2, 0.25) is 0 Å². The maximum Gasteiger partial charge on any atom is 0.0578 e. The lowest BCUT2D eigenvalue weighted by Crippen LogP contribution is -2.29. The van der Waals surface area contributed by atoms with Crippen LogP contribution in [-0.2, 0) is 0 Å². The maximum atomic E-state index is 5.89. The Labute approximate surface area is 94.0 Å². The minimum atomic E-state index is 0.0853. The molecule has 0 aromatic heterocycles. The predicted octanol–water partition coefficient (Wildman–Crippen LogP) is 3.63. The van der Waals surface area contributed by atoms with Crippen LogP contribution in [-0.4, -0.2) is 5.54 Å². The molecule has 0 radical (unpaired) electrons. The first-order valence-corrected chi connectivity index (χ1v) is 5.57. The SMILES string of the molecule is CCC(C)(C)Nc1ccc(Br)cc1N. The standard InChI is InChI=1S/C11H17BrN2/c1-4-11(2,3)14-10-6-5-8(12)7-9(10)13/h5-7,14H,4,13H2,1-3H3. The molecular weight excluding hydrogens is 240 g/mol. The summed E-state index contributed by atoms with van der Waals surface area (Å²) in [6, 6.07) is 5.90. The van der Waals surface area contributed by atoms with Crippen molar-refractivity contribution in [3.63, 3.8) is 0 Å². The molecule has 0 amide bonds. The normalized spacial score (nSPS) is 11.4. The van der Waals surface area contributed by atoms with Gasteiger partial charge in [0.2, 0.25) is 0 Å². The summed E-state index contributed by atoms with van der Waals surface area (Å²) in [5.41, 5.74) is 7.75. The number of nitrogens with one attached hydrogen (secondary N) is 1. The lowest BCUT2D eigenvalue weighted by molar-refractivity contribution is 0.547. The molecule has 3 heteroatoms. The summed E-state index contributed by atoms with van der Waals surface area (Å²) in [7, 11) is 0. The molecule has 1 aromatic carbocycles. The molecule has 2 nitrogen and oxygen atoms in total. The summed E-state index contributed by atoms with van der Waals surface area (Å²) in [5, 5.41) is 3.42. The second-order valence-electron chi connectivity index (χ2n) is 4.09. The molecule has 0 fully saturated rings. The molecule has 0 heterocycles. The van der Waals surface area contributed by atoms with Crippen LogP contribution in [0.3, 0.4) is 0 Å². The smallest absolute Gasteiger partial charge is 0.0578 e. The van der Waals surface area contributed by atoms with Gasteiger partial charge in [0, 0.05) is 10.0 Å². The van der Waals surface area contributed by atoms with Gasteiger partial charge in [-0.3, -0.25) is 0 Å². The van der Waals surface area contributed by atoms with E-state index in [1.807, 2.05) is 18.2 Å². The Bertz CT molecular complexity index is 321. The fourth-order valence-electron chi connectivity index (χ4n) is 1.10. The fourth-order valence-corrected chi connectivity index (χ4v) is 1.48. The second kappa shape index (κ2) is 4.22. The van der Waals surface area contributed by atoms with E-state index in [2.05, 4.69) is 42.0 Å². The molecular formula is C11H17BrN2. The number of hydrogen-bond acceptors (Lipinski definition) is 2. The molecule has 0 saturated heterocycles. The summed E-state index contributed by atoms with van der Waals surface area (Å²) in [6.45, 7) is 6.48. The van der Waals surface area contributed by atoms with Crippen LogP contribution >= 0.6 is 15.9 Å². The Morgan fingerprint density at radius 1 is 1.43 bits per heavy atom. The molecule has 78 valence electrons. The third kappa shape index (κ3) is 2.91. The van der Waals surface area contributed by atoms with Crippen molar-refractivity contribution in [2.75, 3.05) is 11.1 Å². The lowest BCUT2D eigenvalue weighted by Gasteiger charge is -2.26. The highest BCUT2D eigenvalue weighted by molar-refractivity contribution is 9.10. The minimum Gasteiger partial charge on any atom is -0.397 e. The number of nitrogen functional groups attached to an aromatic ring is 1. The Hall–Kier alpha value is -0.700. The summed E-state index contributed by atoms with van der Waals surface area (Å²) in [5.74, 6) is 0. The van der Waals surface area contributed by atoms with Gasteiger partial charge in [-0.05, 0) is 38.5 Å². The number of halogens is 1. The first kappa shape index (κ1) is 11.4. The van der Waals surface area contributed by atoms with Crippen molar-refractivity contribution in [1.29, 1.82) is 0 Å². The third-order valence-corrected chi connectivity index (χ3v) is 2.86. The zero-order valence-electron chi connectivity index (χ0n) is 8.89. The van der Waals surface area contributed by atoms with Gasteiger partial charge in [0.1, 0.15) is 0 Å². The molecule has 0 saturated carbocycles. The van der Waals surface area contributed by atoms with Crippen molar-refractivity contribution in [3.8, 4) is 0 Å². The quantitative estimate of drug-likeness (QED) is 0.811. The Kier molecular flexibility index (Phi) is 3.43. The van der Waals surface area contributed by atoms with E-state index in [9.17, 15) is 0 Å². The van der Waals surface area contributed by atoms with Crippen LogP contribution in [0, 0.1) is 0 Å². The number of hydrogen-bond donors (Lipinski definition) is 2. The van der Waals surface area contributed by atoms with Crippen LogP contribution in [0.5, 0.6) is 0 Å². The van der Waals surface area contributed by atoms with Gasteiger partial charge in [-0.15, -0.1) is 0 Å². The summed E-state index contributed by atoms with van der Waals surface area (Å²) in [4.78, 5) is 0. The molecule has 14 heavy (non-hydrogen) atoms. The van der Waals surface area contributed by atoms with Gasteiger partial charge in [0.15, 0.2) is 0 Å². The topological polar surface area (TPSA) is 38.0 Å². The van der Waals surface area contributed by atoms with Crippen molar-refractivity contribution in [3.05, 3.63) is 22.7 Å². The average molecular weight is 257 g/mol. The van der Waals surface area contributed by atoms with Gasteiger partial charge >= 0.3 is 0 Å². The van der Waals surface area contributed by atoms with E-state index in [-0.39, 0.29) is 5.54 Å². The highest BCUT2D eigenvalue weighted by atomic mass is 79.9. The van der Waals surface area contributed by atoms with E-state index in [0.717, 1.165) is 22.3 Å². The molecule has 1 rings (SSSR count). The van der Waals surface area contributed by atoms with Gasteiger partial charge in [-0.2, -0.15) is 0 Å². The number of benzene rings is 1. The van der Waals surface area contributed by atoms with Gasteiger partial charge < -0.3 is 11.1 Å².